The van der Waals surface area contributed by atoms with E-state index in [1.165, 1.54) is 32.6 Å². The van der Waals surface area contributed by atoms with Crippen LogP contribution >= 0.6 is 0 Å². The molecule has 0 saturated carbocycles. The Kier molecular flexibility index (Phi) is 6.19. The molecule has 1 heterocycles. The minimum Gasteiger partial charge on any atom is -0.370 e. The molecule has 0 saturated heterocycles. The first kappa shape index (κ1) is 17.9. The highest BCUT2D eigenvalue weighted by Gasteiger charge is 2.04. The van der Waals surface area contributed by atoms with Gasteiger partial charge >= 0.3 is 0 Å². The van der Waals surface area contributed by atoms with Crippen LogP contribution in [0, 0.1) is 0 Å². The molecule has 0 fully saturated rings. The molecule has 26 heavy (non-hydrogen) atoms. The van der Waals surface area contributed by atoms with Crippen molar-refractivity contribution in [1.82, 2.24) is 9.97 Å². The second-order valence-electron chi connectivity index (χ2n) is 6.43. The molecule has 0 radical (unpaired) electrons. The van der Waals surface area contributed by atoms with Gasteiger partial charge in [-0.1, -0.05) is 11.6 Å². The summed E-state index contributed by atoms with van der Waals surface area (Å²) in [6.07, 6.45) is 10.3. The highest BCUT2D eigenvalue weighted by atomic mass is 16.1. The van der Waals surface area contributed by atoms with E-state index in [2.05, 4.69) is 32.0 Å². The van der Waals surface area contributed by atoms with E-state index in [1.807, 2.05) is 30.3 Å². The number of carbonyl (C=O) groups excluding carboxylic acids is 1. The average Bonchev–Trinajstić information content (AvgIpc) is 2.64. The zero-order valence-corrected chi connectivity index (χ0v) is 15.1. The van der Waals surface area contributed by atoms with E-state index in [9.17, 15) is 4.79 Å². The summed E-state index contributed by atoms with van der Waals surface area (Å²) >= 11 is 0. The van der Waals surface area contributed by atoms with Crippen molar-refractivity contribution in [2.45, 2.75) is 39.0 Å². The maximum atomic E-state index is 11.1. The normalized spacial score (nSPS) is 13.7. The average molecular weight is 351 g/mol. The minimum absolute atomic E-state index is 0.0863. The van der Waals surface area contributed by atoms with Crippen molar-refractivity contribution >= 4 is 29.0 Å². The molecule has 3 rings (SSSR count). The van der Waals surface area contributed by atoms with Crippen molar-refractivity contribution in [2.75, 3.05) is 22.5 Å². The van der Waals surface area contributed by atoms with E-state index < -0.39 is 0 Å². The Morgan fingerprint density at radius 1 is 1.12 bits per heavy atom. The number of anilines is 4. The van der Waals surface area contributed by atoms with Crippen molar-refractivity contribution in [2.24, 2.45) is 0 Å². The molecule has 1 aromatic heterocycles. The molecule has 0 spiro atoms. The number of hydrogen-bond acceptors (Lipinski definition) is 5. The number of carbonyl (C=O) groups is 1. The van der Waals surface area contributed by atoms with Crippen LogP contribution in [0.25, 0.3) is 0 Å². The third-order valence-corrected chi connectivity index (χ3v) is 4.25. The van der Waals surface area contributed by atoms with Gasteiger partial charge < -0.3 is 16.0 Å². The van der Waals surface area contributed by atoms with E-state index in [1.54, 1.807) is 11.8 Å². The molecule has 2 aromatic rings. The van der Waals surface area contributed by atoms with Gasteiger partial charge in [0, 0.05) is 31.0 Å². The fraction of sp³-hybridized carbons (Fsp3) is 0.350. The Hall–Kier alpha value is -2.89. The largest absolute Gasteiger partial charge is 0.370 e. The summed E-state index contributed by atoms with van der Waals surface area (Å²) in [7, 11) is 0. The van der Waals surface area contributed by atoms with Crippen molar-refractivity contribution in [3.05, 3.63) is 48.2 Å². The van der Waals surface area contributed by atoms with Gasteiger partial charge in [-0.3, -0.25) is 4.79 Å². The number of aromatic nitrogens is 2. The summed E-state index contributed by atoms with van der Waals surface area (Å²) in [6, 6.07) is 9.31. The predicted octanol–water partition coefficient (Wildman–Crippen LogP) is 4.48. The first-order chi connectivity index (χ1) is 12.7. The van der Waals surface area contributed by atoms with Crippen LogP contribution in [0.4, 0.5) is 23.1 Å². The first-order valence-corrected chi connectivity index (χ1v) is 9.08. The summed E-state index contributed by atoms with van der Waals surface area (Å²) in [5.74, 6) is 1.27. The van der Waals surface area contributed by atoms with Gasteiger partial charge in [-0.05, 0) is 62.4 Å². The molecular formula is C20H25N5O. The molecule has 1 aliphatic carbocycles. The Morgan fingerprint density at radius 3 is 2.65 bits per heavy atom. The van der Waals surface area contributed by atoms with E-state index in [4.69, 9.17) is 0 Å². The number of allylic oxidation sites excluding steroid dienone is 1. The molecule has 3 N–H and O–H groups in total. The molecule has 6 heteroatoms. The third-order valence-electron chi connectivity index (χ3n) is 4.25. The maximum Gasteiger partial charge on any atom is 0.229 e. The SMILES string of the molecule is CC(=O)Nc1ccc(Nc2nccc(NCCC3=CCCCC3)n2)cc1. The van der Waals surface area contributed by atoms with Crippen molar-refractivity contribution < 1.29 is 4.79 Å². The highest BCUT2D eigenvalue weighted by Crippen LogP contribution is 2.20. The molecule has 1 aliphatic rings. The molecule has 1 aromatic carbocycles. The fourth-order valence-corrected chi connectivity index (χ4v) is 2.97. The number of rotatable bonds is 7. The smallest absolute Gasteiger partial charge is 0.229 e. The van der Waals surface area contributed by atoms with Gasteiger partial charge in [-0.2, -0.15) is 4.98 Å². The molecular weight excluding hydrogens is 326 g/mol. The Balaban J connectivity index is 1.53. The van der Waals surface area contributed by atoms with Gasteiger partial charge in [-0.15, -0.1) is 0 Å². The van der Waals surface area contributed by atoms with Crippen LogP contribution in [0.5, 0.6) is 0 Å². The Bertz CT molecular complexity index is 770. The number of nitrogens with zero attached hydrogens (tertiary/aromatic N) is 2. The lowest BCUT2D eigenvalue weighted by Gasteiger charge is -2.13. The van der Waals surface area contributed by atoms with E-state index in [0.29, 0.717) is 5.95 Å². The number of amides is 1. The maximum absolute atomic E-state index is 11.1. The van der Waals surface area contributed by atoms with Crippen LogP contribution in [0.2, 0.25) is 0 Å². The molecule has 0 aliphatic heterocycles. The second-order valence-corrected chi connectivity index (χ2v) is 6.43. The third kappa shape index (κ3) is 5.58. The van der Waals surface area contributed by atoms with Crippen LogP contribution in [-0.2, 0) is 4.79 Å². The van der Waals surface area contributed by atoms with Gasteiger partial charge in [0.25, 0.3) is 0 Å². The fourth-order valence-electron chi connectivity index (χ4n) is 2.97. The monoisotopic (exact) mass is 351 g/mol. The minimum atomic E-state index is -0.0863. The van der Waals surface area contributed by atoms with Gasteiger partial charge in [0.15, 0.2) is 0 Å². The van der Waals surface area contributed by atoms with E-state index in [-0.39, 0.29) is 5.91 Å². The lowest BCUT2D eigenvalue weighted by molar-refractivity contribution is -0.114. The lowest BCUT2D eigenvalue weighted by atomic mass is 9.97. The van der Waals surface area contributed by atoms with Crippen molar-refractivity contribution in [3.8, 4) is 0 Å². The zero-order chi connectivity index (χ0) is 18.2. The second kappa shape index (κ2) is 8.99. The Morgan fingerprint density at radius 2 is 1.92 bits per heavy atom. The van der Waals surface area contributed by atoms with Gasteiger partial charge in [0.2, 0.25) is 11.9 Å². The van der Waals surface area contributed by atoms with E-state index in [0.717, 1.165) is 30.2 Å². The van der Waals surface area contributed by atoms with Crippen LogP contribution in [0.15, 0.2) is 48.2 Å². The van der Waals surface area contributed by atoms with Crippen LogP contribution in [0.1, 0.15) is 39.0 Å². The van der Waals surface area contributed by atoms with Crippen LogP contribution < -0.4 is 16.0 Å². The van der Waals surface area contributed by atoms with Crippen molar-refractivity contribution in [1.29, 1.82) is 0 Å². The van der Waals surface area contributed by atoms with Crippen LogP contribution in [0.3, 0.4) is 0 Å². The molecule has 136 valence electrons. The quantitative estimate of drug-likeness (QED) is 0.641. The molecule has 1 amide bonds. The van der Waals surface area contributed by atoms with Gasteiger partial charge in [-0.25, -0.2) is 4.98 Å². The van der Waals surface area contributed by atoms with Crippen LogP contribution in [-0.4, -0.2) is 22.4 Å². The topological polar surface area (TPSA) is 78.9 Å². The molecule has 6 nitrogen and oxygen atoms in total. The highest BCUT2D eigenvalue weighted by molar-refractivity contribution is 5.88. The van der Waals surface area contributed by atoms with Gasteiger partial charge in [0.1, 0.15) is 5.82 Å². The van der Waals surface area contributed by atoms with Gasteiger partial charge in [0.05, 0.1) is 0 Å². The summed E-state index contributed by atoms with van der Waals surface area (Å²) in [5, 5.41) is 9.29. The summed E-state index contributed by atoms with van der Waals surface area (Å²) < 4.78 is 0. The summed E-state index contributed by atoms with van der Waals surface area (Å²) in [4.78, 5) is 19.8. The predicted molar refractivity (Wildman–Crippen MR) is 106 cm³/mol. The number of hydrogen-bond donors (Lipinski definition) is 3. The van der Waals surface area contributed by atoms with E-state index >= 15 is 0 Å². The Labute approximate surface area is 154 Å². The van der Waals surface area contributed by atoms with Crippen molar-refractivity contribution in [3.63, 3.8) is 0 Å². The summed E-state index contributed by atoms with van der Waals surface area (Å²) in [6.45, 7) is 2.37. The first-order valence-electron chi connectivity index (χ1n) is 9.08. The number of nitrogens with one attached hydrogen (secondary N) is 3. The lowest BCUT2D eigenvalue weighted by Crippen LogP contribution is -2.07. The molecule has 0 bridgehead atoms. The zero-order valence-electron chi connectivity index (χ0n) is 15.1. The molecule has 0 atom stereocenters. The number of benzene rings is 1. The standard InChI is InChI=1S/C20H25N5O/c1-15(26)23-17-7-9-18(10-8-17)24-20-22-14-12-19(25-20)21-13-11-16-5-3-2-4-6-16/h5,7-10,12,14H,2-4,6,11,13H2,1H3,(H,23,26)(H2,21,22,24,25). The molecule has 0 unspecified atom stereocenters. The summed E-state index contributed by atoms with van der Waals surface area (Å²) in [5.41, 5.74) is 3.18.